The Morgan fingerprint density at radius 3 is 2.39 bits per heavy atom. The van der Waals surface area contributed by atoms with Crippen molar-refractivity contribution in [1.82, 2.24) is 9.71 Å². The summed E-state index contributed by atoms with van der Waals surface area (Å²) in [6.45, 7) is 2.94. The van der Waals surface area contributed by atoms with Gasteiger partial charge < -0.3 is 10.1 Å². The molecule has 33 heavy (non-hydrogen) atoms. The fraction of sp³-hybridized carbons (Fsp3) is 0.640. The summed E-state index contributed by atoms with van der Waals surface area (Å²) in [6.07, 6.45) is 12.9. The third-order valence-electron chi connectivity index (χ3n) is 6.96. The molecule has 1 aromatic carbocycles. The summed E-state index contributed by atoms with van der Waals surface area (Å²) in [4.78, 5) is 5.92. The van der Waals surface area contributed by atoms with Crippen molar-refractivity contribution >= 4 is 26.5 Å². The van der Waals surface area contributed by atoms with Crippen molar-refractivity contribution in [2.75, 3.05) is 19.0 Å². The molecule has 0 radical (unpaired) electrons. The largest absolute Gasteiger partial charge is 0.495 e. The van der Waals surface area contributed by atoms with E-state index >= 15 is 0 Å². The molecule has 2 saturated carbocycles. The number of rotatable bonds is 8. The molecule has 2 aliphatic rings. The molecule has 0 unspecified atom stereocenters. The Morgan fingerprint density at radius 2 is 1.70 bits per heavy atom. The Kier molecular flexibility index (Phi) is 8.30. The summed E-state index contributed by atoms with van der Waals surface area (Å²) in [7, 11) is -2.17. The molecule has 1 heterocycles. The van der Waals surface area contributed by atoms with Crippen LogP contribution in [0.1, 0.15) is 76.3 Å². The monoisotopic (exact) mass is 491 g/mol. The molecule has 2 fully saturated rings. The first-order valence-corrected chi connectivity index (χ1v) is 14.7. The number of anilines is 1. The lowest BCUT2D eigenvalue weighted by atomic mass is 9.89. The fourth-order valence-electron chi connectivity index (χ4n) is 5.07. The van der Waals surface area contributed by atoms with Crippen molar-refractivity contribution in [2.24, 2.45) is 5.92 Å². The van der Waals surface area contributed by atoms with E-state index < -0.39 is 10.0 Å². The summed E-state index contributed by atoms with van der Waals surface area (Å²) in [5, 5.41) is 4.43. The average molecular weight is 492 g/mol. The predicted octanol–water partition coefficient (Wildman–Crippen LogP) is 6.12. The van der Waals surface area contributed by atoms with E-state index in [9.17, 15) is 8.42 Å². The minimum absolute atomic E-state index is 0.00778. The number of aromatic nitrogens is 1. The van der Waals surface area contributed by atoms with Crippen molar-refractivity contribution in [3.8, 4) is 16.2 Å². The highest BCUT2D eigenvalue weighted by Crippen LogP contribution is 2.37. The van der Waals surface area contributed by atoms with Crippen molar-refractivity contribution in [1.29, 1.82) is 0 Å². The van der Waals surface area contributed by atoms with E-state index in [1.54, 1.807) is 23.5 Å². The zero-order valence-electron chi connectivity index (χ0n) is 19.9. The molecule has 0 saturated heterocycles. The quantitative estimate of drug-likeness (QED) is 0.435. The second kappa shape index (κ2) is 11.2. The maximum Gasteiger partial charge on any atom is 0.244 e. The first kappa shape index (κ1) is 24.5. The highest BCUT2D eigenvalue weighted by atomic mass is 32.2. The minimum atomic E-state index is -3.69. The summed E-state index contributed by atoms with van der Waals surface area (Å²) in [5.41, 5.74) is 1.77. The topological polar surface area (TPSA) is 80.3 Å². The SMILES string of the molecule is COc1ccc(-c2sc(NCC3CCCCC3)nc2C)cc1S(=O)(=O)NC1CCCCCC1. The predicted molar refractivity (Wildman–Crippen MR) is 136 cm³/mol. The lowest BCUT2D eigenvalue weighted by Gasteiger charge is -2.21. The van der Waals surface area contributed by atoms with Crippen LogP contribution in [0.4, 0.5) is 5.13 Å². The first-order chi connectivity index (χ1) is 16.0. The molecule has 0 bridgehead atoms. The molecule has 0 aliphatic heterocycles. The molecular formula is C25H37N3O3S2. The molecule has 6 nitrogen and oxygen atoms in total. The molecule has 0 spiro atoms. The Hall–Kier alpha value is -1.64. The van der Waals surface area contributed by atoms with E-state index in [0.717, 1.165) is 59.4 Å². The van der Waals surface area contributed by atoms with E-state index in [-0.39, 0.29) is 10.9 Å². The van der Waals surface area contributed by atoms with Crippen LogP contribution in [0.15, 0.2) is 23.1 Å². The lowest BCUT2D eigenvalue weighted by molar-refractivity contribution is 0.373. The summed E-state index contributed by atoms with van der Waals surface area (Å²) >= 11 is 1.59. The van der Waals surface area contributed by atoms with Crippen LogP contribution in [0.3, 0.4) is 0 Å². The number of hydrogen-bond donors (Lipinski definition) is 2. The Labute approximate surface area is 202 Å². The number of hydrogen-bond acceptors (Lipinski definition) is 6. The van der Waals surface area contributed by atoms with Gasteiger partial charge in [0.15, 0.2) is 5.13 Å². The zero-order chi connectivity index (χ0) is 23.3. The van der Waals surface area contributed by atoms with Crippen molar-refractivity contribution in [3.05, 3.63) is 23.9 Å². The minimum Gasteiger partial charge on any atom is -0.495 e. The van der Waals surface area contributed by atoms with Crippen molar-refractivity contribution < 1.29 is 13.2 Å². The number of sulfonamides is 1. The molecule has 0 atom stereocenters. The average Bonchev–Trinajstić information content (AvgIpc) is 3.01. The molecule has 1 aromatic heterocycles. The number of benzene rings is 1. The molecule has 2 N–H and O–H groups in total. The number of nitrogens with one attached hydrogen (secondary N) is 2. The van der Waals surface area contributed by atoms with Gasteiger partial charge in [0.2, 0.25) is 10.0 Å². The van der Waals surface area contributed by atoms with Crippen LogP contribution in [-0.4, -0.2) is 33.1 Å². The first-order valence-electron chi connectivity index (χ1n) is 12.4. The maximum absolute atomic E-state index is 13.3. The molecule has 8 heteroatoms. The molecule has 4 rings (SSSR count). The second-order valence-corrected chi connectivity index (χ2v) is 12.2. The van der Waals surface area contributed by atoms with Gasteiger partial charge in [-0.3, -0.25) is 0 Å². The van der Waals surface area contributed by atoms with Gasteiger partial charge in [0.1, 0.15) is 10.6 Å². The highest BCUT2D eigenvalue weighted by molar-refractivity contribution is 7.89. The number of ether oxygens (including phenoxy) is 1. The van der Waals surface area contributed by atoms with Crippen LogP contribution >= 0.6 is 11.3 Å². The van der Waals surface area contributed by atoms with Gasteiger partial charge in [-0.15, -0.1) is 0 Å². The van der Waals surface area contributed by atoms with Gasteiger partial charge in [0.05, 0.1) is 17.7 Å². The van der Waals surface area contributed by atoms with Crippen LogP contribution in [0.5, 0.6) is 5.75 Å². The van der Waals surface area contributed by atoms with Gasteiger partial charge in [-0.2, -0.15) is 0 Å². The summed E-state index contributed by atoms with van der Waals surface area (Å²) in [6, 6.07) is 5.41. The molecular weight excluding hydrogens is 454 g/mol. The highest BCUT2D eigenvalue weighted by Gasteiger charge is 2.25. The Morgan fingerprint density at radius 1 is 1.03 bits per heavy atom. The third kappa shape index (κ3) is 6.28. The summed E-state index contributed by atoms with van der Waals surface area (Å²) in [5.74, 6) is 1.09. The van der Waals surface area contributed by atoms with E-state index in [4.69, 9.17) is 9.72 Å². The van der Waals surface area contributed by atoms with Gasteiger partial charge in [-0.25, -0.2) is 18.1 Å². The van der Waals surface area contributed by atoms with Crippen LogP contribution in [0.25, 0.3) is 10.4 Å². The maximum atomic E-state index is 13.3. The zero-order valence-corrected chi connectivity index (χ0v) is 21.5. The van der Waals surface area contributed by atoms with Crippen molar-refractivity contribution in [3.63, 3.8) is 0 Å². The fourth-order valence-corrected chi connectivity index (χ4v) is 7.54. The molecule has 0 amide bonds. The van der Waals surface area contributed by atoms with E-state index in [0.29, 0.717) is 5.75 Å². The summed E-state index contributed by atoms with van der Waals surface area (Å²) < 4.78 is 35.0. The van der Waals surface area contributed by atoms with Gasteiger partial charge in [0, 0.05) is 12.6 Å². The number of thiazole rings is 1. The molecule has 2 aromatic rings. The van der Waals surface area contributed by atoms with Crippen LogP contribution in [0, 0.1) is 12.8 Å². The standard InChI is InChI=1S/C25H37N3O3S2/c1-18-24(32-25(27-18)26-17-19-10-6-5-7-11-19)20-14-15-22(31-2)23(16-20)33(29,30)28-21-12-8-3-4-9-13-21/h14-16,19,21,28H,3-13,17H2,1-2H3,(H,26,27). The second-order valence-electron chi connectivity index (χ2n) is 9.49. The number of aryl methyl sites for hydroxylation is 1. The van der Waals surface area contributed by atoms with Crippen LogP contribution in [-0.2, 0) is 10.0 Å². The molecule has 182 valence electrons. The Bertz CT molecular complexity index is 1020. The number of methoxy groups -OCH3 is 1. The number of nitrogens with zero attached hydrogens (tertiary/aromatic N) is 1. The van der Waals surface area contributed by atoms with Crippen molar-refractivity contribution in [2.45, 2.75) is 88.5 Å². The Balaban J connectivity index is 1.54. The van der Waals surface area contributed by atoms with Crippen LogP contribution < -0.4 is 14.8 Å². The van der Waals surface area contributed by atoms with E-state index in [1.807, 2.05) is 13.0 Å². The lowest BCUT2D eigenvalue weighted by Crippen LogP contribution is -2.34. The van der Waals surface area contributed by atoms with E-state index in [2.05, 4.69) is 10.0 Å². The van der Waals surface area contributed by atoms with Gasteiger partial charge >= 0.3 is 0 Å². The van der Waals surface area contributed by atoms with Gasteiger partial charge in [-0.1, -0.05) is 56.3 Å². The van der Waals surface area contributed by atoms with Crippen LogP contribution in [0.2, 0.25) is 0 Å². The normalized spacial score (nSPS) is 18.7. The smallest absolute Gasteiger partial charge is 0.244 e. The van der Waals surface area contributed by atoms with Gasteiger partial charge in [-0.05, 0) is 62.3 Å². The van der Waals surface area contributed by atoms with E-state index in [1.165, 1.54) is 52.1 Å². The third-order valence-corrected chi connectivity index (χ3v) is 9.66. The molecule has 2 aliphatic carbocycles. The van der Waals surface area contributed by atoms with Gasteiger partial charge in [0.25, 0.3) is 0 Å².